The van der Waals surface area contributed by atoms with E-state index >= 15 is 0 Å². The largest absolute Gasteiger partial charge is 0.590 e. The molecular formula is C23H47NO2P+. The van der Waals surface area contributed by atoms with Gasteiger partial charge in [-0.05, 0) is 32.1 Å². The van der Waals surface area contributed by atoms with E-state index in [1.807, 2.05) is 28.1 Å². The summed E-state index contributed by atoms with van der Waals surface area (Å²) in [5, 5.41) is -0.603. The van der Waals surface area contributed by atoms with Gasteiger partial charge in [-0.15, -0.1) is 0 Å². The minimum absolute atomic E-state index is 0.506. The topological polar surface area (TPSA) is 40.1 Å². The van der Waals surface area contributed by atoms with Crippen LogP contribution in [0.5, 0.6) is 0 Å². The zero-order valence-corrected chi connectivity index (χ0v) is 19.9. The molecule has 0 spiro atoms. The molecule has 4 heteroatoms. The fourth-order valence-electron chi connectivity index (χ4n) is 3.93. The standard InChI is InChI=1S/C23H47NO2P/c1-6-8-9-10-11-12-13-14-15-16-17-18-19-20-21-22-23(7-2,27(25)26)24(3,4)5/h14-15H,6-13,16-22H2,1-5H3/q+1. The third-order valence-corrected chi connectivity index (χ3v) is 7.81. The van der Waals surface area contributed by atoms with E-state index < -0.39 is 13.3 Å². The van der Waals surface area contributed by atoms with Gasteiger partial charge in [0.25, 0.3) is 5.28 Å². The second-order valence-corrected chi connectivity index (χ2v) is 10.3. The fourth-order valence-corrected chi connectivity index (χ4v) is 5.02. The first-order chi connectivity index (χ1) is 12.8. The van der Waals surface area contributed by atoms with Gasteiger partial charge in [-0.25, -0.2) is 0 Å². The number of nitrogens with zero attached hydrogens (tertiary/aromatic N) is 1. The summed E-state index contributed by atoms with van der Waals surface area (Å²) in [5.41, 5.74) is 0. The van der Waals surface area contributed by atoms with Crippen molar-refractivity contribution in [2.24, 2.45) is 0 Å². The van der Waals surface area contributed by atoms with E-state index in [9.17, 15) is 9.46 Å². The SMILES string of the molecule is CCCCCCCCC=CCCCCCCCC(CC)([P+](=O)[O-])[N+](C)(C)C. The Kier molecular flexibility index (Phi) is 15.5. The molecule has 0 saturated heterocycles. The molecule has 0 aliphatic carbocycles. The van der Waals surface area contributed by atoms with Gasteiger partial charge >= 0.3 is 8.03 Å². The predicted octanol–water partition coefficient (Wildman–Crippen LogP) is 6.94. The Morgan fingerprint density at radius 3 is 1.63 bits per heavy atom. The average molecular weight is 401 g/mol. The first-order valence-electron chi connectivity index (χ1n) is 11.4. The molecular weight excluding hydrogens is 353 g/mol. The molecule has 2 atom stereocenters. The Morgan fingerprint density at radius 1 is 0.778 bits per heavy atom. The van der Waals surface area contributed by atoms with E-state index in [2.05, 4.69) is 19.1 Å². The molecule has 3 nitrogen and oxygen atoms in total. The lowest BCUT2D eigenvalue weighted by Crippen LogP contribution is -2.55. The van der Waals surface area contributed by atoms with Gasteiger partial charge in [0.2, 0.25) is 0 Å². The molecule has 160 valence electrons. The van der Waals surface area contributed by atoms with Crippen molar-refractivity contribution < 1.29 is 13.9 Å². The smallest absolute Gasteiger partial charge is 0.376 e. The molecule has 0 aromatic heterocycles. The van der Waals surface area contributed by atoms with Crippen LogP contribution in [0, 0.1) is 0 Å². The van der Waals surface area contributed by atoms with Gasteiger partial charge in [0.1, 0.15) is 0 Å². The van der Waals surface area contributed by atoms with Gasteiger partial charge in [0.15, 0.2) is 0 Å². The van der Waals surface area contributed by atoms with Gasteiger partial charge in [0, 0.05) is 12.8 Å². The van der Waals surface area contributed by atoms with Crippen LogP contribution in [0.15, 0.2) is 12.2 Å². The van der Waals surface area contributed by atoms with Crippen molar-refractivity contribution in [2.45, 2.75) is 115 Å². The summed E-state index contributed by atoms with van der Waals surface area (Å²) in [7, 11) is 3.60. The quantitative estimate of drug-likeness (QED) is 0.108. The van der Waals surface area contributed by atoms with Crippen molar-refractivity contribution in [2.75, 3.05) is 21.1 Å². The highest BCUT2D eigenvalue weighted by atomic mass is 31.1. The molecule has 0 heterocycles. The Morgan fingerprint density at radius 2 is 1.22 bits per heavy atom. The zero-order chi connectivity index (χ0) is 20.6. The van der Waals surface area contributed by atoms with Crippen LogP contribution in [0.4, 0.5) is 0 Å². The van der Waals surface area contributed by atoms with E-state index in [0.717, 1.165) is 19.3 Å². The number of unbranched alkanes of at least 4 members (excludes halogenated alkanes) is 11. The maximum Gasteiger partial charge on any atom is 0.376 e. The summed E-state index contributed by atoms with van der Waals surface area (Å²) < 4.78 is 12.4. The fraction of sp³-hybridized carbons (Fsp3) is 0.913. The minimum atomic E-state index is -2.42. The van der Waals surface area contributed by atoms with Crippen LogP contribution in [-0.2, 0) is 4.57 Å². The molecule has 0 fully saturated rings. The zero-order valence-electron chi connectivity index (χ0n) is 19.0. The van der Waals surface area contributed by atoms with Gasteiger partial charge in [-0.2, -0.15) is 0 Å². The number of quaternary nitrogens is 1. The Labute approximate surface area is 171 Å². The molecule has 27 heavy (non-hydrogen) atoms. The van der Waals surface area contributed by atoms with Crippen LogP contribution in [0.2, 0.25) is 0 Å². The van der Waals surface area contributed by atoms with Crippen LogP contribution in [0.25, 0.3) is 0 Å². The summed E-state index contributed by atoms with van der Waals surface area (Å²) in [6.45, 7) is 4.27. The van der Waals surface area contributed by atoms with Crippen molar-refractivity contribution >= 4 is 8.03 Å². The lowest BCUT2D eigenvalue weighted by atomic mass is 10.0. The number of allylic oxidation sites excluding steroid dienone is 2. The maximum absolute atomic E-state index is 11.9. The van der Waals surface area contributed by atoms with E-state index in [-0.39, 0.29) is 0 Å². The van der Waals surface area contributed by atoms with Crippen molar-refractivity contribution in [1.29, 1.82) is 0 Å². The normalized spacial score (nSPS) is 15.3. The van der Waals surface area contributed by atoms with Crippen molar-refractivity contribution in [3.05, 3.63) is 12.2 Å². The molecule has 0 amide bonds. The third-order valence-electron chi connectivity index (χ3n) is 5.99. The first-order valence-corrected chi connectivity index (χ1v) is 12.6. The van der Waals surface area contributed by atoms with Crippen molar-refractivity contribution in [3.8, 4) is 0 Å². The van der Waals surface area contributed by atoms with Crippen LogP contribution >= 0.6 is 8.03 Å². The highest BCUT2D eigenvalue weighted by molar-refractivity contribution is 7.38. The Hall–Kier alpha value is -0.240. The maximum atomic E-state index is 11.9. The van der Waals surface area contributed by atoms with Crippen LogP contribution < -0.4 is 4.89 Å². The van der Waals surface area contributed by atoms with Crippen LogP contribution in [0.1, 0.15) is 110 Å². The third kappa shape index (κ3) is 11.4. The summed E-state index contributed by atoms with van der Waals surface area (Å²) in [5.74, 6) is 0. The van der Waals surface area contributed by atoms with Crippen LogP contribution in [-0.4, -0.2) is 30.9 Å². The Bertz CT molecular complexity index is 404. The summed E-state index contributed by atoms with van der Waals surface area (Å²) in [6.07, 6.45) is 22.8. The second-order valence-electron chi connectivity index (χ2n) is 8.94. The molecule has 0 aromatic rings. The van der Waals surface area contributed by atoms with E-state index in [1.165, 1.54) is 70.6 Å². The van der Waals surface area contributed by atoms with E-state index in [0.29, 0.717) is 10.9 Å². The summed E-state index contributed by atoms with van der Waals surface area (Å²) in [6, 6.07) is 0. The molecule has 2 unspecified atom stereocenters. The molecule has 0 aliphatic heterocycles. The first kappa shape index (κ1) is 26.8. The van der Waals surface area contributed by atoms with Gasteiger partial charge in [0.05, 0.1) is 21.1 Å². The van der Waals surface area contributed by atoms with E-state index in [4.69, 9.17) is 0 Å². The lowest BCUT2D eigenvalue weighted by molar-refractivity contribution is -0.910. The van der Waals surface area contributed by atoms with Gasteiger partial charge in [-0.1, -0.05) is 81.9 Å². The Balaban J connectivity index is 3.71. The molecule has 0 N–H and O–H groups in total. The highest BCUT2D eigenvalue weighted by Crippen LogP contribution is 2.44. The number of rotatable bonds is 18. The molecule has 0 aliphatic rings. The average Bonchev–Trinajstić information content (AvgIpc) is 2.60. The van der Waals surface area contributed by atoms with Crippen molar-refractivity contribution in [1.82, 2.24) is 0 Å². The molecule has 0 saturated carbocycles. The predicted molar refractivity (Wildman–Crippen MR) is 118 cm³/mol. The van der Waals surface area contributed by atoms with E-state index in [1.54, 1.807) is 0 Å². The highest BCUT2D eigenvalue weighted by Gasteiger charge is 2.52. The van der Waals surface area contributed by atoms with Crippen molar-refractivity contribution in [3.63, 3.8) is 0 Å². The van der Waals surface area contributed by atoms with Gasteiger partial charge < -0.3 is 4.89 Å². The molecule has 0 radical (unpaired) electrons. The number of hydrogen-bond donors (Lipinski definition) is 0. The molecule has 0 rings (SSSR count). The summed E-state index contributed by atoms with van der Waals surface area (Å²) in [4.78, 5) is 11.9. The number of hydrogen-bond acceptors (Lipinski definition) is 2. The lowest BCUT2D eigenvalue weighted by Gasteiger charge is -2.39. The molecule has 0 bridgehead atoms. The monoisotopic (exact) mass is 400 g/mol. The molecule has 0 aromatic carbocycles. The summed E-state index contributed by atoms with van der Waals surface area (Å²) >= 11 is 0. The second kappa shape index (κ2) is 15.7. The van der Waals surface area contributed by atoms with Crippen LogP contribution in [0.3, 0.4) is 0 Å². The minimum Gasteiger partial charge on any atom is -0.590 e. The van der Waals surface area contributed by atoms with Gasteiger partial charge in [-0.3, -0.25) is 4.48 Å².